The van der Waals surface area contributed by atoms with Gasteiger partial charge in [-0.3, -0.25) is 4.79 Å². The second-order valence-corrected chi connectivity index (χ2v) is 7.20. The van der Waals surface area contributed by atoms with Gasteiger partial charge in [0, 0.05) is 29.7 Å². The van der Waals surface area contributed by atoms with E-state index in [1.807, 2.05) is 13.0 Å². The number of benzene rings is 1. The summed E-state index contributed by atoms with van der Waals surface area (Å²) in [7, 11) is 0. The summed E-state index contributed by atoms with van der Waals surface area (Å²) in [5.74, 6) is -0.0457. The maximum absolute atomic E-state index is 12.0. The molecule has 0 saturated heterocycles. The summed E-state index contributed by atoms with van der Waals surface area (Å²) in [5.41, 5.74) is 0.699. The van der Waals surface area contributed by atoms with Crippen LogP contribution >= 0.6 is 11.6 Å². The van der Waals surface area contributed by atoms with E-state index < -0.39 is 0 Å². The molecule has 1 aromatic carbocycles. The van der Waals surface area contributed by atoms with E-state index in [0.29, 0.717) is 17.1 Å². The molecule has 0 aliphatic heterocycles. The molecule has 5 heteroatoms. The first kappa shape index (κ1) is 18.9. The standard InChI is InChI=1S/C17H27ClN2O2/c1-12(19-11-17(3,4)10-13(2)21)8-16(22)20-15-7-5-6-14(18)9-15/h5-7,9,12-13,19,21H,8,10-11H2,1-4H3,(H,20,22). The Balaban J connectivity index is 2.38. The Hall–Kier alpha value is -1.10. The molecule has 0 aliphatic carbocycles. The lowest BCUT2D eigenvalue weighted by molar-refractivity contribution is -0.116. The van der Waals surface area contributed by atoms with Crippen molar-refractivity contribution in [3.63, 3.8) is 0 Å². The zero-order valence-electron chi connectivity index (χ0n) is 13.8. The zero-order chi connectivity index (χ0) is 16.8. The molecule has 1 aromatic rings. The minimum absolute atomic E-state index is 0.00808. The van der Waals surface area contributed by atoms with E-state index in [1.54, 1.807) is 25.1 Å². The molecule has 2 unspecified atom stereocenters. The van der Waals surface area contributed by atoms with Crippen molar-refractivity contribution >= 4 is 23.2 Å². The molecule has 3 N–H and O–H groups in total. The molecule has 0 aromatic heterocycles. The van der Waals surface area contributed by atoms with Crippen LogP contribution in [0.4, 0.5) is 5.69 Å². The van der Waals surface area contributed by atoms with Crippen molar-refractivity contribution in [1.29, 1.82) is 0 Å². The second-order valence-electron chi connectivity index (χ2n) is 6.76. The lowest BCUT2D eigenvalue weighted by atomic mass is 9.86. The van der Waals surface area contributed by atoms with E-state index in [9.17, 15) is 9.90 Å². The van der Waals surface area contributed by atoms with Crippen LogP contribution in [0.2, 0.25) is 5.02 Å². The van der Waals surface area contributed by atoms with Crippen LogP contribution in [0.25, 0.3) is 0 Å². The Morgan fingerprint density at radius 3 is 2.64 bits per heavy atom. The van der Waals surface area contributed by atoms with Gasteiger partial charge in [0.15, 0.2) is 0 Å². The predicted molar refractivity (Wildman–Crippen MR) is 92.2 cm³/mol. The molecule has 1 amide bonds. The van der Waals surface area contributed by atoms with Gasteiger partial charge in [0.05, 0.1) is 6.10 Å². The summed E-state index contributed by atoms with van der Waals surface area (Å²) in [6, 6.07) is 7.17. The quantitative estimate of drug-likeness (QED) is 0.685. The Bertz CT molecular complexity index is 489. The molecule has 0 heterocycles. The van der Waals surface area contributed by atoms with E-state index in [4.69, 9.17) is 11.6 Å². The van der Waals surface area contributed by atoms with Gasteiger partial charge in [0.1, 0.15) is 0 Å². The summed E-state index contributed by atoms with van der Waals surface area (Å²) in [4.78, 5) is 12.0. The number of anilines is 1. The van der Waals surface area contributed by atoms with Crippen molar-refractivity contribution in [2.75, 3.05) is 11.9 Å². The third-order valence-corrected chi connectivity index (χ3v) is 3.61. The van der Waals surface area contributed by atoms with Gasteiger partial charge in [-0.15, -0.1) is 0 Å². The number of hydrogen-bond donors (Lipinski definition) is 3. The fourth-order valence-electron chi connectivity index (χ4n) is 2.45. The Kier molecular flexibility index (Phi) is 7.33. The van der Waals surface area contributed by atoms with Crippen LogP contribution in [0.1, 0.15) is 40.5 Å². The average molecular weight is 327 g/mol. The third-order valence-electron chi connectivity index (χ3n) is 3.38. The van der Waals surface area contributed by atoms with Crippen molar-refractivity contribution in [1.82, 2.24) is 5.32 Å². The number of aliphatic hydroxyl groups excluding tert-OH is 1. The molecule has 0 aliphatic rings. The number of amides is 1. The molecule has 0 saturated carbocycles. The molecule has 2 atom stereocenters. The first-order valence-electron chi connectivity index (χ1n) is 7.65. The molecular formula is C17H27ClN2O2. The molecule has 0 radical (unpaired) electrons. The minimum Gasteiger partial charge on any atom is -0.393 e. The summed E-state index contributed by atoms with van der Waals surface area (Å²) >= 11 is 5.89. The van der Waals surface area contributed by atoms with Crippen molar-refractivity contribution in [2.45, 2.75) is 52.7 Å². The average Bonchev–Trinajstić information content (AvgIpc) is 2.34. The first-order chi connectivity index (χ1) is 10.2. The maximum Gasteiger partial charge on any atom is 0.225 e. The molecule has 1 rings (SSSR count). The van der Waals surface area contributed by atoms with Crippen molar-refractivity contribution in [3.05, 3.63) is 29.3 Å². The lowest BCUT2D eigenvalue weighted by Crippen LogP contribution is -2.38. The first-order valence-corrected chi connectivity index (χ1v) is 8.02. The van der Waals surface area contributed by atoms with Crippen LogP contribution in [-0.2, 0) is 4.79 Å². The molecular weight excluding hydrogens is 300 g/mol. The van der Waals surface area contributed by atoms with Crippen LogP contribution in [0, 0.1) is 5.41 Å². The van der Waals surface area contributed by atoms with Gasteiger partial charge in [0.2, 0.25) is 5.91 Å². The molecule has 124 valence electrons. The van der Waals surface area contributed by atoms with E-state index in [-0.39, 0.29) is 23.5 Å². The Labute approximate surface area is 138 Å². The van der Waals surface area contributed by atoms with Gasteiger partial charge >= 0.3 is 0 Å². The molecule has 4 nitrogen and oxygen atoms in total. The summed E-state index contributed by atoms with van der Waals surface area (Å²) in [6.07, 6.45) is 0.789. The van der Waals surface area contributed by atoms with Crippen LogP contribution in [0.3, 0.4) is 0 Å². The van der Waals surface area contributed by atoms with E-state index in [0.717, 1.165) is 13.0 Å². The van der Waals surface area contributed by atoms with Crippen LogP contribution in [0.15, 0.2) is 24.3 Å². The SMILES string of the molecule is CC(O)CC(C)(C)CNC(C)CC(=O)Nc1cccc(Cl)c1. The monoisotopic (exact) mass is 326 g/mol. The topological polar surface area (TPSA) is 61.4 Å². The largest absolute Gasteiger partial charge is 0.393 e. The van der Waals surface area contributed by atoms with E-state index >= 15 is 0 Å². The van der Waals surface area contributed by atoms with Crippen molar-refractivity contribution in [3.8, 4) is 0 Å². The third kappa shape index (κ3) is 7.78. The summed E-state index contributed by atoms with van der Waals surface area (Å²) < 4.78 is 0. The van der Waals surface area contributed by atoms with E-state index in [1.165, 1.54) is 0 Å². The zero-order valence-corrected chi connectivity index (χ0v) is 14.6. The highest BCUT2D eigenvalue weighted by Gasteiger charge is 2.21. The van der Waals surface area contributed by atoms with Crippen molar-refractivity contribution in [2.24, 2.45) is 5.41 Å². The molecule has 22 heavy (non-hydrogen) atoms. The number of aliphatic hydroxyl groups is 1. The number of nitrogens with one attached hydrogen (secondary N) is 2. The Morgan fingerprint density at radius 2 is 2.05 bits per heavy atom. The fourth-order valence-corrected chi connectivity index (χ4v) is 2.64. The van der Waals surface area contributed by atoms with Crippen LogP contribution in [0.5, 0.6) is 0 Å². The van der Waals surface area contributed by atoms with Gasteiger partial charge in [-0.05, 0) is 43.9 Å². The number of rotatable bonds is 8. The normalized spacial score (nSPS) is 14.5. The number of carbonyl (C=O) groups is 1. The van der Waals surface area contributed by atoms with Crippen LogP contribution < -0.4 is 10.6 Å². The van der Waals surface area contributed by atoms with E-state index in [2.05, 4.69) is 24.5 Å². The number of carbonyl (C=O) groups excluding carboxylic acids is 1. The molecule has 0 spiro atoms. The highest BCUT2D eigenvalue weighted by Crippen LogP contribution is 2.21. The smallest absolute Gasteiger partial charge is 0.225 e. The highest BCUT2D eigenvalue weighted by atomic mass is 35.5. The maximum atomic E-state index is 12.0. The molecule has 0 bridgehead atoms. The van der Waals surface area contributed by atoms with Gasteiger partial charge in [0.25, 0.3) is 0 Å². The summed E-state index contributed by atoms with van der Waals surface area (Å²) in [5, 5.41) is 16.3. The lowest BCUT2D eigenvalue weighted by Gasteiger charge is -2.28. The van der Waals surface area contributed by atoms with Gasteiger partial charge in [-0.25, -0.2) is 0 Å². The molecule has 0 fully saturated rings. The number of halogens is 1. The van der Waals surface area contributed by atoms with Gasteiger partial charge < -0.3 is 15.7 Å². The van der Waals surface area contributed by atoms with Crippen molar-refractivity contribution < 1.29 is 9.90 Å². The minimum atomic E-state index is -0.321. The second kappa shape index (κ2) is 8.51. The predicted octanol–water partition coefficient (Wildman–Crippen LogP) is 3.44. The van der Waals surface area contributed by atoms with Gasteiger partial charge in [-0.1, -0.05) is 31.5 Å². The van der Waals surface area contributed by atoms with Crippen LogP contribution in [-0.4, -0.2) is 29.7 Å². The number of hydrogen-bond acceptors (Lipinski definition) is 3. The highest BCUT2D eigenvalue weighted by molar-refractivity contribution is 6.30. The Morgan fingerprint density at radius 1 is 1.36 bits per heavy atom. The fraction of sp³-hybridized carbons (Fsp3) is 0.588. The van der Waals surface area contributed by atoms with Gasteiger partial charge in [-0.2, -0.15) is 0 Å². The summed E-state index contributed by atoms with van der Waals surface area (Å²) in [6.45, 7) is 8.74.